The SMILES string of the molecule is CC(O)C(=O)[O][Fe][C]#N.[KH].[Zn]. The Morgan fingerprint density at radius 2 is 2.27 bits per heavy atom. The van der Waals surface area contributed by atoms with E-state index in [0.29, 0.717) is 0 Å². The third-order valence-electron chi connectivity index (χ3n) is 0.481. The minimum atomic E-state index is -1.14. The quantitative estimate of drug-likeness (QED) is 0.639. The number of hydrogen-bond acceptors (Lipinski definition) is 4. The Kier molecular flexibility index (Phi) is 19.7. The van der Waals surface area contributed by atoms with E-state index in [1.54, 1.807) is 4.97 Å². The molecule has 0 amide bonds. The van der Waals surface area contributed by atoms with Crippen molar-refractivity contribution < 1.29 is 48.5 Å². The molecule has 1 atom stereocenters. The van der Waals surface area contributed by atoms with Crippen molar-refractivity contribution in [1.82, 2.24) is 0 Å². The summed E-state index contributed by atoms with van der Waals surface area (Å²) in [6.45, 7) is 1.28. The molecule has 7 heteroatoms. The minimum absolute atomic E-state index is 0. The van der Waals surface area contributed by atoms with Gasteiger partial charge >= 0.3 is 110 Å². The van der Waals surface area contributed by atoms with Crippen molar-refractivity contribution >= 4 is 57.4 Å². The van der Waals surface area contributed by atoms with Crippen molar-refractivity contribution in [3.8, 4) is 4.97 Å². The van der Waals surface area contributed by atoms with Gasteiger partial charge in [-0.05, 0) is 0 Å². The Morgan fingerprint density at radius 1 is 1.82 bits per heavy atom. The summed E-state index contributed by atoms with van der Waals surface area (Å²) in [5, 5.41) is 16.4. The van der Waals surface area contributed by atoms with Gasteiger partial charge in [0.1, 0.15) is 0 Å². The van der Waals surface area contributed by atoms with Crippen molar-refractivity contribution in [3.63, 3.8) is 0 Å². The molecule has 0 fully saturated rings. The molecule has 0 aromatic carbocycles. The van der Waals surface area contributed by atoms with Gasteiger partial charge in [-0.2, -0.15) is 0 Å². The van der Waals surface area contributed by atoms with Gasteiger partial charge in [-0.3, -0.25) is 0 Å². The van der Waals surface area contributed by atoms with E-state index in [-0.39, 0.29) is 86.1 Å². The molecule has 56 valence electrons. The van der Waals surface area contributed by atoms with Crippen molar-refractivity contribution in [2.75, 3.05) is 0 Å². The van der Waals surface area contributed by atoms with Gasteiger partial charge in [0.05, 0.1) is 0 Å². The van der Waals surface area contributed by atoms with E-state index in [1.807, 2.05) is 0 Å². The number of aliphatic hydroxyl groups excluding tert-OH is 1. The first-order valence-electron chi connectivity index (χ1n) is 2.08. The van der Waals surface area contributed by atoms with Gasteiger partial charge in [-0.15, -0.1) is 0 Å². The summed E-state index contributed by atoms with van der Waals surface area (Å²) in [5.74, 6) is -0.767. The first kappa shape index (κ1) is 18.5. The van der Waals surface area contributed by atoms with Gasteiger partial charge < -0.3 is 0 Å². The first-order valence-corrected chi connectivity index (χ1v) is 3.08. The predicted molar refractivity (Wildman–Crippen MR) is 30.5 cm³/mol. The Bertz CT molecular complexity index is 149. The largest absolute Gasteiger partial charge is 0 e. The average Bonchev–Trinajstić information content (AvgIpc) is 1.82. The van der Waals surface area contributed by atoms with Crippen LogP contribution in [0.3, 0.4) is 0 Å². The van der Waals surface area contributed by atoms with Gasteiger partial charge in [-0.1, -0.05) is 0 Å². The molecular formula is C4H6FeKNO3Zn. The summed E-state index contributed by atoms with van der Waals surface area (Å²) in [5.41, 5.74) is 0. The fraction of sp³-hybridized carbons (Fsp3) is 0.500. The van der Waals surface area contributed by atoms with Gasteiger partial charge in [-0.25, -0.2) is 0 Å². The van der Waals surface area contributed by atoms with E-state index in [4.69, 9.17) is 10.4 Å². The molecule has 0 spiro atoms. The second kappa shape index (κ2) is 11.7. The number of nitrogens with zero attached hydrogens (tertiary/aromatic N) is 1. The van der Waals surface area contributed by atoms with Crippen LogP contribution >= 0.6 is 0 Å². The molecule has 0 saturated heterocycles. The van der Waals surface area contributed by atoms with Crippen LogP contribution in [-0.4, -0.2) is 68.6 Å². The maximum Gasteiger partial charge on any atom is 0 e. The summed E-state index contributed by atoms with van der Waals surface area (Å²) < 4.78 is 4.20. The summed E-state index contributed by atoms with van der Waals surface area (Å²) in [6, 6.07) is 0. The van der Waals surface area contributed by atoms with Gasteiger partial charge in [0.25, 0.3) is 0 Å². The van der Waals surface area contributed by atoms with E-state index in [9.17, 15) is 4.79 Å². The predicted octanol–water partition coefficient (Wildman–Crippen LogP) is -1.26. The molecule has 0 aliphatic rings. The van der Waals surface area contributed by atoms with Crippen LogP contribution in [0.1, 0.15) is 6.92 Å². The van der Waals surface area contributed by atoms with Crippen molar-refractivity contribution in [3.05, 3.63) is 0 Å². The molecule has 1 N–H and O–H groups in total. The van der Waals surface area contributed by atoms with Crippen LogP contribution in [0, 0.1) is 10.2 Å². The molecule has 0 radical (unpaired) electrons. The van der Waals surface area contributed by atoms with Gasteiger partial charge in [0.15, 0.2) is 0 Å². The molecule has 4 nitrogen and oxygen atoms in total. The number of aliphatic hydroxyl groups is 1. The maximum absolute atomic E-state index is 10.3. The molecule has 0 aliphatic carbocycles. The molecule has 0 aromatic rings. The molecule has 1 unspecified atom stereocenters. The van der Waals surface area contributed by atoms with E-state index < -0.39 is 12.1 Å². The van der Waals surface area contributed by atoms with Gasteiger partial charge in [0.2, 0.25) is 0 Å². The third-order valence-corrected chi connectivity index (χ3v) is 0.916. The Hall–Kier alpha value is 1.70. The van der Waals surface area contributed by atoms with Crippen LogP contribution in [0.5, 0.6) is 0 Å². The molecule has 0 aromatic heterocycles. The van der Waals surface area contributed by atoms with Crippen LogP contribution in [0.25, 0.3) is 0 Å². The molecule has 0 bridgehead atoms. The average molecular weight is 276 g/mol. The molecule has 0 saturated carbocycles. The zero-order valence-corrected chi connectivity index (χ0v) is 9.42. The molecule has 0 aliphatic heterocycles. The number of nitriles is 1. The fourth-order valence-corrected chi connectivity index (χ4v) is 0.462. The summed E-state index contributed by atoms with van der Waals surface area (Å²) >= 11 is -0.302. The maximum atomic E-state index is 10.3. The number of hydrogen-bond donors (Lipinski definition) is 1. The van der Waals surface area contributed by atoms with Crippen LogP contribution in [-0.2, 0) is 43.4 Å². The zero-order chi connectivity index (χ0) is 7.28. The monoisotopic (exact) mass is 275 g/mol. The molecule has 11 heavy (non-hydrogen) atoms. The third kappa shape index (κ3) is 11.7. The minimum Gasteiger partial charge on any atom is 0 e. The van der Waals surface area contributed by atoms with Crippen molar-refractivity contribution in [2.24, 2.45) is 0 Å². The van der Waals surface area contributed by atoms with Crippen molar-refractivity contribution in [2.45, 2.75) is 13.0 Å². The van der Waals surface area contributed by atoms with E-state index in [0.717, 1.165) is 0 Å². The van der Waals surface area contributed by atoms with Crippen LogP contribution in [0.2, 0.25) is 0 Å². The standard InChI is InChI=1S/C3H6O3.CN.Fe.K.Zn.H/c1-2(4)3(5)6;1-2;;;;/h2,4H,1H3,(H,5,6);;;;;/q;;+1;;;/p-1. The molecular weight excluding hydrogens is 270 g/mol. The number of rotatable bonds is 2. The Labute approximate surface area is 127 Å². The second-order valence-corrected chi connectivity index (χ2v) is 1.92. The topological polar surface area (TPSA) is 70.3 Å². The summed E-state index contributed by atoms with van der Waals surface area (Å²) in [7, 11) is 0. The zero-order valence-electron chi connectivity index (χ0n) is 5.35. The number of carbonyl (C=O) groups excluding carboxylic acids is 1. The smallest absolute Gasteiger partial charge is 0 e. The normalized spacial score (nSPS) is 9.91. The van der Waals surface area contributed by atoms with Crippen LogP contribution in [0.4, 0.5) is 0 Å². The Balaban J connectivity index is -0.000000320. The summed E-state index contributed by atoms with van der Waals surface area (Å²) in [6.07, 6.45) is -1.14. The van der Waals surface area contributed by atoms with E-state index >= 15 is 0 Å². The van der Waals surface area contributed by atoms with Crippen molar-refractivity contribution in [1.29, 1.82) is 5.26 Å². The summed E-state index contributed by atoms with van der Waals surface area (Å²) in [4.78, 5) is 11.9. The van der Waals surface area contributed by atoms with E-state index in [1.165, 1.54) is 6.92 Å². The number of carbonyl (C=O) groups is 1. The Morgan fingerprint density at radius 3 is 2.55 bits per heavy atom. The molecule has 0 rings (SSSR count). The fourth-order valence-electron chi connectivity index (χ4n) is 0.112. The van der Waals surface area contributed by atoms with Gasteiger partial charge in [0, 0.05) is 19.5 Å². The molecule has 0 heterocycles. The first-order chi connectivity index (χ1) is 4.18. The van der Waals surface area contributed by atoms with Crippen LogP contribution in [0.15, 0.2) is 0 Å². The van der Waals surface area contributed by atoms with E-state index in [2.05, 4.69) is 3.82 Å². The van der Waals surface area contributed by atoms with Crippen LogP contribution < -0.4 is 0 Å². The second-order valence-electron chi connectivity index (χ2n) is 1.22.